The maximum absolute atomic E-state index is 12.4. The van der Waals surface area contributed by atoms with Crippen molar-refractivity contribution in [2.75, 3.05) is 11.3 Å². The second-order valence-corrected chi connectivity index (χ2v) is 8.09. The minimum Gasteiger partial charge on any atom is -0.484 e. The summed E-state index contributed by atoms with van der Waals surface area (Å²) in [5.74, 6) is 0.0696. The number of carbonyl (C=O) groups excluding carboxylic acids is 1. The number of carbonyl (C=O) groups is 1. The zero-order valence-electron chi connectivity index (χ0n) is 15.2. The number of ether oxygens (including phenoxy) is 1. The number of hydrogen-bond donors (Lipinski definition) is 2. The smallest absolute Gasteiger partial charge is 0.261 e. The summed E-state index contributed by atoms with van der Waals surface area (Å²) in [6.45, 7) is 0.110. The number of halogens is 1. The second-order valence-electron chi connectivity index (χ2n) is 5.97. The van der Waals surface area contributed by atoms with E-state index in [1.165, 1.54) is 24.3 Å². The molecule has 0 atom stereocenters. The molecule has 0 saturated heterocycles. The normalized spacial score (nSPS) is 10.9. The highest BCUT2D eigenvalue weighted by molar-refractivity contribution is 7.92. The van der Waals surface area contributed by atoms with Crippen molar-refractivity contribution in [2.45, 2.75) is 11.4 Å². The van der Waals surface area contributed by atoms with E-state index in [-0.39, 0.29) is 17.4 Å². The van der Waals surface area contributed by atoms with Crippen LogP contribution in [0.3, 0.4) is 0 Å². The third kappa shape index (κ3) is 6.20. The van der Waals surface area contributed by atoms with E-state index in [0.717, 1.165) is 5.69 Å². The van der Waals surface area contributed by atoms with Gasteiger partial charge in [-0.1, -0.05) is 17.7 Å². The van der Waals surface area contributed by atoms with E-state index in [2.05, 4.69) is 15.0 Å². The molecule has 0 saturated carbocycles. The van der Waals surface area contributed by atoms with Crippen LogP contribution in [-0.2, 0) is 21.4 Å². The van der Waals surface area contributed by atoms with Gasteiger partial charge in [-0.25, -0.2) is 8.42 Å². The molecular formula is C20H18ClN3O4S. The molecule has 1 aromatic heterocycles. The molecule has 150 valence electrons. The van der Waals surface area contributed by atoms with E-state index in [0.29, 0.717) is 23.0 Å². The lowest BCUT2D eigenvalue weighted by Gasteiger charge is -2.10. The van der Waals surface area contributed by atoms with Crippen LogP contribution in [0.1, 0.15) is 5.69 Å². The van der Waals surface area contributed by atoms with Crippen LogP contribution in [0, 0.1) is 0 Å². The van der Waals surface area contributed by atoms with Crippen molar-refractivity contribution in [1.82, 2.24) is 10.3 Å². The van der Waals surface area contributed by atoms with Gasteiger partial charge in [-0.2, -0.15) is 0 Å². The molecule has 1 amide bonds. The zero-order chi connectivity index (χ0) is 20.7. The molecule has 0 aliphatic carbocycles. The van der Waals surface area contributed by atoms with Crippen molar-refractivity contribution >= 4 is 33.2 Å². The van der Waals surface area contributed by atoms with E-state index in [1.54, 1.807) is 42.6 Å². The van der Waals surface area contributed by atoms with Crippen molar-refractivity contribution in [3.63, 3.8) is 0 Å². The first-order valence-electron chi connectivity index (χ1n) is 8.60. The van der Waals surface area contributed by atoms with E-state index in [9.17, 15) is 13.2 Å². The summed E-state index contributed by atoms with van der Waals surface area (Å²) in [5.41, 5.74) is 1.14. The Balaban J connectivity index is 1.52. The van der Waals surface area contributed by atoms with Crippen molar-refractivity contribution in [2.24, 2.45) is 0 Å². The summed E-state index contributed by atoms with van der Waals surface area (Å²) in [5, 5.41) is 3.21. The Morgan fingerprint density at radius 1 is 1.00 bits per heavy atom. The Hall–Kier alpha value is -3.10. The zero-order valence-corrected chi connectivity index (χ0v) is 16.8. The molecule has 0 aliphatic heterocycles. The first-order valence-corrected chi connectivity index (χ1v) is 10.5. The van der Waals surface area contributed by atoms with E-state index >= 15 is 0 Å². The monoisotopic (exact) mass is 431 g/mol. The molecule has 9 heteroatoms. The molecule has 0 bridgehead atoms. The Labute approximate surface area is 173 Å². The lowest BCUT2D eigenvalue weighted by Crippen LogP contribution is -2.28. The first-order chi connectivity index (χ1) is 13.9. The van der Waals surface area contributed by atoms with Gasteiger partial charge in [0.1, 0.15) is 5.75 Å². The van der Waals surface area contributed by atoms with E-state index in [1.807, 2.05) is 6.07 Å². The summed E-state index contributed by atoms with van der Waals surface area (Å²) in [7, 11) is -3.75. The highest BCUT2D eigenvalue weighted by Gasteiger charge is 2.14. The number of rotatable bonds is 8. The number of nitrogens with zero attached hydrogens (tertiary/aromatic N) is 1. The van der Waals surface area contributed by atoms with E-state index in [4.69, 9.17) is 16.3 Å². The van der Waals surface area contributed by atoms with Crippen LogP contribution in [0.15, 0.2) is 77.8 Å². The van der Waals surface area contributed by atoms with Gasteiger partial charge in [-0.05, 0) is 60.7 Å². The third-order valence-corrected chi connectivity index (χ3v) is 5.44. The summed E-state index contributed by atoms with van der Waals surface area (Å²) in [4.78, 5) is 16.0. The summed E-state index contributed by atoms with van der Waals surface area (Å²) in [6, 6.07) is 17.5. The quantitative estimate of drug-likeness (QED) is 0.570. The summed E-state index contributed by atoms with van der Waals surface area (Å²) < 4.78 is 32.7. The lowest BCUT2D eigenvalue weighted by molar-refractivity contribution is -0.123. The largest absolute Gasteiger partial charge is 0.484 e. The van der Waals surface area contributed by atoms with Gasteiger partial charge in [-0.3, -0.25) is 14.5 Å². The minimum absolute atomic E-state index is 0.0689. The van der Waals surface area contributed by atoms with Crippen LogP contribution in [0.2, 0.25) is 5.02 Å². The standard InChI is InChI=1S/C20H18ClN3O4S/c21-15-4-6-16(7-5-15)24-29(26,27)19-10-8-18(9-11-19)28-14-20(25)23-13-17-3-1-2-12-22-17/h1-12,24H,13-14H2,(H,23,25). The van der Waals surface area contributed by atoms with Gasteiger partial charge in [0, 0.05) is 16.9 Å². The highest BCUT2D eigenvalue weighted by Crippen LogP contribution is 2.20. The molecule has 3 aromatic rings. The molecule has 0 aliphatic rings. The fraction of sp³-hybridized carbons (Fsp3) is 0.100. The van der Waals surface area contributed by atoms with Gasteiger partial charge in [0.15, 0.2) is 6.61 Å². The number of sulfonamides is 1. The molecule has 0 radical (unpaired) electrons. The lowest BCUT2D eigenvalue weighted by atomic mass is 10.3. The second kappa shape index (κ2) is 9.40. The average molecular weight is 432 g/mol. The van der Waals surface area contributed by atoms with Crippen LogP contribution in [0.5, 0.6) is 5.75 Å². The predicted molar refractivity (Wildman–Crippen MR) is 110 cm³/mol. The SMILES string of the molecule is O=C(COc1ccc(S(=O)(=O)Nc2ccc(Cl)cc2)cc1)NCc1ccccn1. The van der Waals surface area contributed by atoms with Crippen molar-refractivity contribution in [3.05, 3.63) is 83.6 Å². The maximum Gasteiger partial charge on any atom is 0.261 e. The maximum atomic E-state index is 12.4. The number of benzene rings is 2. The molecule has 7 nitrogen and oxygen atoms in total. The molecule has 2 N–H and O–H groups in total. The van der Waals surface area contributed by atoms with Crippen LogP contribution in [-0.4, -0.2) is 25.9 Å². The Morgan fingerprint density at radius 3 is 2.38 bits per heavy atom. The Bertz CT molecular complexity index is 1060. The predicted octanol–water partition coefficient (Wildman–Crippen LogP) is 3.23. The van der Waals surface area contributed by atoms with Gasteiger partial charge >= 0.3 is 0 Å². The molecule has 0 spiro atoms. The summed E-state index contributed by atoms with van der Waals surface area (Å²) in [6.07, 6.45) is 1.65. The van der Waals surface area contributed by atoms with Crippen LogP contribution in [0.25, 0.3) is 0 Å². The van der Waals surface area contributed by atoms with Gasteiger partial charge < -0.3 is 10.1 Å². The van der Waals surface area contributed by atoms with Gasteiger partial charge in [0.25, 0.3) is 15.9 Å². The molecule has 1 heterocycles. The van der Waals surface area contributed by atoms with Gasteiger partial charge in [0.05, 0.1) is 17.1 Å². The van der Waals surface area contributed by atoms with Gasteiger partial charge in [0.2, 0.25) is 0 Å². The number of anilines is 1. The van der Waals surface area contributed by atoms with Gasteiger partial charge in [-0.15, -0.1) is 0 Å². The van der Waals surface area contributed by atoms with Crippen molar-refractivity contribution in [1.29, 1.82) is 0 Å². The Morgan fingerprint density at radius 2 is 1.72 bits per heavy atom. The third-order valence-electron chi connectivity index (χ3n) is 3.79. The Kier molecular flexibility index (Phi) is 6.69. The molecule has 2 aromatic carbocycles. The molecule has 29 heavy (non-hydrogen) atoms. The number of aromatic nitrogens is 1. The number of pyridine rings is 1. The number of amides is 1. The fourth-order valence-electron chi connectivity index (χ4n) is 2.34. The molecule has 0 unspecified atom stereocenters. The summed E-state index contributed by atoms with van der Waals surface area (Å²) >= 11 is 5.80. The van der Waals surface area contributed by atoms with Crippen LogP contribution >= 0.6 is 11.6 Å². The number of nitrogens with one attached hydrogen (secondary N) is 2. The van der Waals surface area contributed by atoms with Crippen LogP contribution < -0.4 is 14.8 Å². The van der Waals surface area contributed by atoms with E-state index < -0.39 is 10.0 Å². The highest BCUT2D eigenvalue weighted by atomic mass is 35.5. The average Bonchev–Trinajstić information content (AvgIpc) is 2.73. The number of hydrogen-bond acceptors (Lipinski definition) is 5. The van der Waals surface area contributed by atoms with Crippen molar-refractivity contribution in [3.8, 4) is 5.75 Å². The topological polar surface area (TPSA) is 97.4 Å². The van der Waals surface area contributed by atoms with Crippen molar-refractivity contribution < 1.29 is 17.9 Å². The molecular weight excluding hydrogens is 414 g/mol. The molecule has 3 rings (SSSR count). The minimum atomic E-state index is -3.75. The molecule has 0 fully saturated rings. The fourth-order valence-corrected chi connectivity index (χ4v) is 3.52. The first kappa shape index (κ1) is 20.6. The van der Waals surface area contributed by atoms with Crippen LogP contribution in [0.4, 0.5) is 5.69 Å².